The third kappa shape index (κ3) is 2.77. The molecule has 0 aromatic heterocycles. The number of hydrogen-bond acceptors (Lipinski definition) is 3. The van der Waals surface area contributed by atoms with Gasteiger partial charge in [-0.3, -0.25) is 4.79 Å². The van der Waals surface area contributed by atoms with Gasteiger partial charge in [-0.25, -0.2) is 0 Å². The molecule has 2 aliphatic rings. The van der Waals surface area contributed by atoms with Crippen molar-refractivity contribution in [3.05, 3.63) is 28.2 Å². The Balaban J connectivity index is 1.72. The fourth-order valence-electron chi connectivity index (χ4n) is 2.62. The molecular formula is C14H17BrN2O2. The fourth-order valence-corrected chi connectivity index (χ4v) is 2.98. The molecular weight excluding hydrogens is 308 g/mol. The van der Waals surface area contributed by atoms with Crippen LogP contribution in [0.1, 0.15) is 29.6 Å². The summed E-state index contributed by atoms with van der Waals surface area (Å²) >= 11 is 3.42. The van der Waals surface area contributed by atoms with E-state index in [1.54, 1.807) is 0 Å². The number of nitrogens with one attached hydrogen (secondary N) is 1. The third-order valence-corrected chi connectivity index (χ3v) is 4.15. The van der Waals surface area contributed by atoms with E-state index in [4.69, 9.17) is 4.74 Å². The smallest absolute Gasteiger partial charge is 0.257 e. The largest absolute Gasteiger partial charge is 0.376 e. The molecule has 0 radical (unpaired) electrons. The summed E-state index contributed by atoms with van der Waals surface area (Å²) in [5.74, 6) is 0.0930. The van der Waals surface area contributed by atoms with Gasteiger partial charge in [-0.1, -0.05) is 15.9 Å². The zero-order chi connectivity index (χ0) is 13.2. The molecule has 1 aromatic rings. The molecule has 0 bridgehead atoms. The number of nitrogens with zero attached hydrogens (tertiary/aromatic N) is 1. The number of anilines is 1. The summed E-state index contributed by atoms with van der Waals surface area (Å²) in [6.45, 7) is 2.06. The lowest BCUT2D eigenvalue weighted by Crippen LogP contribution is -2.45. The van der Waals surface area contributed by atoms with Crippen LogP contribution in [-0.2, 0) is 4.74 Å². The molecule has 3 rings (SSSR count). The van der Waals surface area contributed by atoms with E-state index in [0.717, 1.165) is 35.2 Å². The summed E-state index contributed by atoms with van der Waals surface area (Å²) in [6, 6.07) is 5.71. The Kier molecular flexibility index (Phi) is 3.75. The highest BCUT2D eigenvalue weighted by atomic mass is 79.9. The lowest BCUT2D eigenvalue weighted by Gasteiger charge is -2.33. The van der Waals surface area contributed by atoms with Crippen LogP contribution in [0, 0.1) is 0 Å². The van der Waals surface area contributed by atoms with Crippen LogP contribution in [0.2, 0.25) is 0 Å². The summed E-state index contributed by atoms with van der Waals surface area (Å²) in [6.07, 6.45) is 3.58. The lowest BCUT2D eigenvalue weighted by molar-refractivity contribution is -0.00323. The molecule has 1 saturated heterocycles. The zero-order valence-electron chi connectivity index (χ0n) is 10.7. The molecule has 1 unspecified atom stereocenters. The summed E-state index contributed by atoms with van der Waals surface area (Å²) < 4.78 is 6.69. The first kappa shape index (κ1) is 12.9. The van der Waals surface area contributed by atoms with E-state index < -0.39 is 0 Å². The van der Waals surface area contributed by atoms with Crippen molar-refractivity contribution in [3.8, 4) is 0 Å². The van der Waals surface area contributed by atoms with Crippen molar-refractivity contribution >= 4 is 27.5 Å². The van der Waals surface area contributed by atoms with Crippen molar-refractivity contribution in [1.29, 1.82) is 0 Å². The first-order chi connectivity index (χ1) is 9.24. The minimum absolute atomic E-state index is 0.0930. The fraction of sp³-hybridized carbons (Fsp3) is 0.500. The Morgan fingerprint density at radius 1 is 1.42 bits per heavy atom. The van der Waals surface area contributed by atoms with Crippen LogP contribution in [-0.4, -0.2) is 36.7 Å². The zero-order valence-corrected chi connectivity index (χ0v) is 12.3. The molecule has 1 atom stereocenters. The summed E-state index contributed by atoms with van der Waals surface area (Å²) in [7, 11) is 0. The molecule has 1 N–H and O–H groups in total. The van der Waals surface area contributed by atoms with Gasteiger partial charge in [0.1, 0.15) is 0 Å². The summed E-state index contributed by atoms with van der Waals surface area (Å²) in [5, 5.41) is 3.29. The number of hydrogen-bond donors (Lipinski definition) is 1. The molecule has 5 heteroatoms. The molecule has 1 fully saturated rings. The molecule has 2 heterocycles. The van der Waals surface area contributed by atoms with Crippen LogP contribution in [0.4, 0.5) is 5.69 Å². The molecule has 1 aromatic carbocycles. The maximum Gasteiger partial charge on any atom is 0.257 e. The van der Waals surface area contributed by atoms with Gasteiger partial charge in [0, 0.05) is 23.3 Å². The number of ether oxygens (including phenoxy) is 1. The Bertz CT molecular complexity index is 486. The van der Waals surface area contributed by atoms with E-state index in [9.17, 15) is 4.79 Å². The highest BCUT2D eigenvalue weighted by Gasteiger charge is 2.27. The number of benzene rings is 1. The van der Waals surface area contributed by atoms with Crippen LogP contribution in [0.3, 0.4) is 0 Å². The van der Waals surface area contributed by atoms with Crippen LogP contribution in [0.25, 0.3) is 0 Å². The minimum Gasteiger partial charge on any atom is -0.376 e. The highest BCUT2D eigenvalue weighted by Crippen LogP contribution is 2.26. The number of carbonyl (C=O) groups excluding carboxylic acids is 1. The lowest BCUT2D eigenvalue weighted by atomic mass is 10.1. The topological polar surface area (TPSA) is 41.6 Å². The van der Waals surface area contributed by atoms with E-state index in [0.29, 0.717) is 13.2 Å². The molecule has 2 aliphatic heterocycles. The monoisotopic (exact) mass is 324 g/mol. The normalized spacial score (nSPS) is 22.9. The Morgan fingerprint density at radius 3 is 3.11 bits per heavy atom. The second-order valence-corrected chi connectivity index (χ2v) is 5.96. The first-order valence-electron chi connectivity index (χ1n) is 6.68. The maximum atomic E-state index is 12.4. The second kappa shape index (κ2) is 5.51. The predicted molar refractivity (Wildman–Crippen MR) is 77.3 cm³/mol. The van der Waals surface area contributed by atoms with Crippen molar-refractivity contribution < 1.29 is 9.53 Å². The van der Waals surface area contributed by atoms with Crippen molar-refractivity contribution in [1.82, 2.24) is 4.90 Å². The van der Waals surface area contributed by atoms with E-state index in [1.165, 1.54) is 6.42 Å². The van der Waals surface area contributed by atoms with Gasteiger partial charge in [-0.2, -0.15) is 0 Å². The Hall–Kier alpha value is -1.07. The highest BCUT2D eigenvalue weighted by molar-refractivity contribution is 9.10. The molecule has 102 valence electrons. The summed E-state index contributed by atoms with van der Waals surface area (Å²) in [4.78, 5) is 14.3. The van der Waals surface area contributed by atoms with Gasteiger partial charge in [-0.15, -0.1) is 0 Å². The van der Waals surface area contributed by atoms with Crippen LogP contribution in [0.15, 0.2) is 22.7 Å². The number of rotatable bonds is 2. The standard InChI is InChI=1S/C14H17BrN2O2/c15-10-4-5-12-13(7-10)16-9-17(14(12)18)8-11-3-1-2-6-19-11/h4-5,7,11,16H,1-3,6,8-9H2. The van der Waals surface area contributed by atoms with Crippen LogP contribution < -0.4 is 5.32 Å². The third-order valence-electron chi connectivity index (χ3n) is 3.66. The SMILES string of the molecule is O=C1c2ccc(Br)cc2NCN1CC1CCCCO1. The molecule has 0 aliphatic carbocycles. The van der Waals surface area contributed by atoms with Gasteiger partial charge in [0.15, 0.2) is 0 Å². The van der Waals surface area contributed by atoms with Gasteiger partial charge in [0.05, 0.1) is 18.3 Å². The van der Waals surface area contributed by atoms with E-state index in [1.807, 2.05) is 23.1 Å². The molecule has 0 spiro atoms. The number of carbonyl (C=O) groups is 1. The van der Waals surface area contributed by atoms with Gasteiger partial charge < -0.3 is 15.0 Å². The van der Waals surface area contributed by atoms with Crippen molar-refractivity contribution in [2.45, 2.75) is 25.4 Å². The maximum absolute atomic E-state index is 12.4. The van der Waals surface area contributed by atoms with E-state index in [-0.39, 0.29) is 12.0 Å². The van der Waals surface area contributed by atoms with E-state index >= 15 is 0 Å². The minimum atomic E-state index is 0.0930. The van der Waals surface area contributed by atoms with Gasteiger partial charge in [0.25, 0.3) is 5.91 Å². The van der Waals surface area contributed by atoms with Crippen LogP contribution in [0.5, 0.6) is 0 Å². The second-order valence-electron chi connectivity index (χ2n) is 5.04. The predicted octanol–water partition coefficient (Wildman–Crippen LogP) is 2.84. The Morgan fingerprint density at radius 2 is 2.32 bits per heavy atom. The molecule has 19 heavy (non-hydrogen) atoms. The molecule has 4 nitrogen and oxygen atoms in total. The number of halogens is 1. The van der Waals surface area contributed by atoms with Crippen molar-refractivity contribution in [3.63, 3.8) is 0 Å². The average molecular weight is 325 g/mol. The molecule has 0 saturated carbocycles. The quantitative estimate of drug-likeness (QED) is 0.909. The van der Waals surface area contributed by atoms with Crippen molar-refractivity contribution in [2.24, 2.45) is 0 Å². The number of amides is 1. The summed E-state index contributed by atoms with van der Waals surface area (Å²) in [5.41, 5.74) is 1.64. The number of fused-ring (bicyclic) bond motifs is 1. The van der Waals surface area contributed by atoms with Crippen molar-refractivity contribution in [2.75, 3.05) is 25.1 Å². The first-order valence-corrected chi connectivity index (χ1v) is 7.47. The van der Waals surface area contributed by atoms with E-state index in [2.05, 4.69) is 21.2 Å². The van der Waals surface area contributed by atoms with Crippen LogP contribution >= 0.6 is 15.9 Å². The van der Waals surface area contributed by atoms with Gasteiger partial charge in [-0.05, 0) is 37.5 Å². The average Bonchev–Trinajstić information content (AvgIpc) is 2.43. The Labute approximate surface area is 121 Å². The van der Waals surface area contributed by atoms with Gasteiger partial charge in [0.2, 0.25) is 0 Å². The molecule has 1 amide bonds. The van der Waals surface area contributed by atoms with Gasteiger partial charge >= 0.3 is 0 Å².